The fraction of sp³-hybridized carbons (Fsp3) is 0.562. The predicted molar refractivity (Wildman–Crippen MR) is 77.7 cm³/mol. The highest BCUT2D eigenvalue weighted by Crippen LogP contribution is 2.20. The number of aryl methyl sites for hydroxylation is 1. The van der Waals surface area contributed by atoms with Crippen molar-refractivity contribution in [2.24, 2.45) is 11.7 Å². The van der Waals surface area contributed by atoms with Gasteiger partial charge in [-0.3, -0.25) is 4.79 Å². The molecule has 0 spiro atoms. The second kappa shape index (κ2) is 7.29. The van der Waals surface area contributed by atoms with Crippen LogP contribution < -0.4 is 5.73 Å². The lowest BCUT2D eigenvalue weighted by atomic mass is 9.94. The molecular formula is C16H24N2O. The average Bonchev–Trinajstić information content (AvgIpc) is 2.46. The summed E-state index contributed by atoms with van der Waals surface area (Å²) in [5.74, 6) is 0.907. The lowest BCUT2D eigenvalue weighted by Gasteiger charge is -2.32. The highest BCUT2D eigenvalue weighted by atomic mass is 16.2. The minimum atomic E-state index is 0.297. The van der Waals surface area contributed by atoms with Crippen molar-refractivity contribution < 1.29 is 4.79 Å². The van der Waals surface area contributed by atoms with Crippen molar-refractivity contribution in [1.29, 1.82) is 0 Å². The third kappa shape index (κ3) is 4.35. The molecule has 19 heavy (non-hydrogen) atoms. The molecule has 3 nitrogen and oxygen atoms in total. The van der Waals surface area contributed by atoms with E-state index in [4.69, 9.17) is 5.73 Å². The van der Waals surface area contributed by atoms with E-state index in [0.717, 1.165) is 38.9 Å². The maximum Gasteiger partial charge on any atom is 0.222 e. The van der Waals surface area contributed by atoms with Crippen LogP contribution in [0.15, 0.2) is 30.3 Å². The van der Waals surface area contributed by atoms with Gasteiger partial charge in [0.25, 0.3) is 0 Å². The minimum absolute atomic E-state index is 0.297. The van der Waals surface area contributed by atoms with E-state index in [-0.39, 0.29) is 0 Å². The molecule has 2 N–H and O–H groups in total. The van der Waals surface area contributed by atoms with Crippen LogP contribution in [0.3, 0.4) is 0 Å². The molecule has 1 saturated heterocycles. The van der Waals surface area contributed by atoms with Gasteiger partial charge in [-0.2, -0.15) is 0 Å². The van der Waals surface area contributed by atoms with Crippen molar-refractivity contribution in [2.45, 2.75) is 32.1 Å². The van der Waals surface area contributed by atoms with Gasteiger partial charge in [0.15, 0.2) is 0 Å². The Hall–Kier alpha value is -1.35. The van der Waals surface area contributed by atoms with Crippen molar-refractivity contribution >= 4 is 5.91 Å². The van der Waals surface area contributed by atoms with E-state index in [9.17, 15) is 4.79 Å². The number of hydrogen-bond donors (Lipinski definition) is 1. The monoisotopic (exact) mass is 260 g/mol. The summed E-state index contributed by atoms with van der Waals surface area (Å²) in [6.07, 6.45) is 4.86. The van der Waals surface area contributed by atoms with Crippen molar-refractivity contribution in [3.8, 4) is 0 Å². The Morgan fingerprint density at radius 3 is 2.84 bits per heavy atom. The van der Waals surface area contributed by atoms with Gasteiger partial charge in [0.2, 0.25) is 5.91 Å². The molecule has 1 atom stereocenters. The number of nitrogens with two attached hydrogens (primary N) is 1. The minimum Gasteiger partial charge on any atom is -0.342 e. The number of hydrogen-bond acceptors (Lipinski definition) is 2. The summed E-state index contributed by atoms with van der Waals surface area (Å²) < 4.78 is 0. The maximum absolute atomic E-state index is 12.2. The van der Waals surface area contributed by atoms with Crippen molar-refractivity contribution in [1.82, 2.24) is 4.90 Å². The van der Waals surface area contributed by atoms with E-state index in [2.05, 4.69) is 12.1 Å². The SMILES string of the molecule is NCCC1CCCN(C(=O)CCc2ccccc2)C1. The molecule has 1 aromatic carbocycles. The lowest BCUT2D eigenvalue weighted by molar-refractivity contribution is -0.133. The van der Waals surface area contributed by atoms with Gasteiger partial charge in [0, 0.05) is 19.5 Å². The number of nitrogens with zero attached hydrogens (tertiary/aromatic N) is 1. The largest absolute Gasteiger partial charge is 0.342 e. The molecule has 104 valence electrons. The number of amides is 1. The number of carbonyl (C=O) groups excluding carboxylic acids is 1. The van der Waals surface area contributed by atoms with Crippen LogP contribution in [0.4, 0.5) is 0 Å². The Kier molecular flexibility index (Phi) is 5.40. The van der Waals surface area contributed by atoms with Crippen LogP contribution in [0.25, 0.3) is 0 Å². The molecule has 1 aliphatic heterocycles. The second-order valence-corrected chi connectivity index (χ2v) is 5.41. The smallest absolute Gasteiger partial charge is 0.222 e. The number of likely N-dealkylation sites (tertiary alicyclic amines) is 1. The number of carbonyl (C=O) groups is 1. The van der Waals surface area contributed by atoms with Crippen LogP contribution in [0.1, 0.15) is 31.2 Å². The molecule has 0 bridgehead atoms. The van der Waals surface area contributed by atoms with Crippen LogP contribution >= 0.6 is 0 Å². The van der Waals surface area contributed by atoms with Gasteiger partial charge in [0.1, 0.15) is 0 Å². The third-order valence-electron chi connectivity index (χ3n) is 3.92. The molecule has 0 saturated carbocycles. The normalized spacial score (nSPS) is 19.4. The zero-order chi connectivity index (χ0) is 13.5. The van der Waals surface area contributed by atoms with Gasteiger partial charge < -0.3 is 10.6 Å². The van der Waals surface area contributed by atoms with Gasteiger partial charge in [-0.05, 0) is 43.7 Å². The Morgan fingerprint density at radius 1 is 1.32 bits per heavy atom. The predicted octanol–water partition coefficient (Wildman–Crippen LogP) is 2.21. The third-order valence-corrected chi connectivity index (χ3v) is 3.92. The Morgan fingerprint density at radius 2 is 2.11 bits per heavy atom. The zero-order valence-electron chi connectivity index (χ0n) is 11.6. The topological polar surface area (TPSA) is 46.3 Å². The summed E-state index contributed by atoms with van der Waals surface area (Å²) in [7, 11) is 0. The zero-order valence-corrected chi connectivity index (χ0v) is 11.6. The molecule has 0 radical (unpaired) electrons. The van der Waals surface area contributed by atoms with Gasteiger partial charge in [0.05, 0.1) is 0 Å². The van der Waals surface area contributed by atoms with Crippen LogP contribution in [0, 0.1) is 5.92 Å². The van der Waals surface area contributed by atoms with E-state index in [1.54, 1.807) is 0 Å². The number of piperidine rings is 1. The summed E-state index contributed by atoms with van der Waals surface area (Å²) in [4.78, 5) is 14.3. The van der Waals surface area contributed by atoms with E-state index in [0.29, 0.717) is 18.2 Å². The van der Waals surface area contributed by atoms with Gasteiger partial charge in [-0.25, -0.2) is 0 Å². The molecule has 2 rings (SSSR count). The fourth-order valence-corrected chi connectivity index (χ4v) is 2.82. The average molecular weight is 260 g/mol. The first-order chi connectivity index (χ1) is 9.29. The van der Waals surface area contributed by atoms with Crippen molar-refractivity contribution in [3.63, 3.8) is 0 Å². The van der Waals surface area contributed by atoms with Crippen molar-refractivity contribution in [3.05, 3.63) is 35.9 Å². The first-order valence-electron chi connectivity index (χ1n) is 7.31. The van der Waals surface area contributed by atoms with E-state index in [1.165, 1.54) is 12.0 Å². The van der Waals surface area contributed by atoms with Crippen LogP contribution in [0.2, 0.25) is 0 Å². The standard InChI is InChI=1S/C16H24N2O/c17-11-10-15-7-4-12-18(13-15)16(19)9-8-14-5-2-1-3-6-14/h1-3,5-6,15H,4,7-13,17H2. The second-order valence-electron chi connectivity index (χ2n) is 5.41. The van der Waals surface area contributed by atoms with Gasteiger partial charge in [-0.15, -0.1) is 0 Å². The molecule has 1 fully saturated rings. The first kappa shape index (κ1) is 14.1. The summed E-state index contributed by atoms with van der Waals surface area (Å²) >= 11 is 0. The van der Waals surface area contributed by atoms with E-state index >= 15 is 0 Å². The molecule has 1 unspecified atom stereocenters. The van der Waals surface area contributed by atoms with Gasteiger partial charge in [-0.1, -0.05) is 30.3 Å². The number of rotatable bonds is 5. The van der Waals surface area contributed by atoms with Crippen LogP contribution in [0.5, 0.6) is 0 Å². The van der Waals surface area contributed by atoms with Crippen LogP contribution in [-0.4, -0.2) is 30.4 Å². The highest BCUT2D eigenvalue weighted by Gasteiger charge is 2.22. The summed E-state index contributed by atoms with van der Waals surface area (Å²) in [6.45, 7) is 2.57. The van der Waals surface area contributed by atoms with Crippen LogP contribution in [-0.2, 0) is 11.2 Å². The Balaban J connectivity index is 1.79. The maximum atomic E-state index is 12.2. The fourth-order valence-electron chi connectivity index (χ4n) is 2.82. The summed E-state index contributed by atoms with van der Waals surface area (Å²) in [6, 6.07) is 10.2. The molecule has 0 aromatic heterocycles. The molecular weight excluding hydrogens is 236 g/mol. The molecule has 1 amide bonds. The molecule has 1 aliphatic rings. The Bertz CT molecular complexity index is 389. The quantitative estimate of drug-likeness (QED) is 0.882. The number of benzene rings is 1. The lowest BCUT2D eigenvalue weighted by Crippen LogP contribution is -2.40. The van der Waals surface area contributed by atoms with Crippen molar-refractivity contribution in [2.75, 3.05) is 19.6 Å². The Labute approximate surface area is 115 Å². The molecule has 0 aliphatic carbocycles. The molecule has 1 heterocycles. The highest BCUT2D eigenvalue weighted by molar-refractivity contribution is 5.76. The molecule has 3 heteroatoms. The van der Waals surface area contributed by atoms with E-state index in [1.807, 2.05) is 23.1 Å². The van der Waals surface area contributed by atoms with Gasteiger partial charge >= 0.3 is 0 Å². The molecule has 1 aromatic rings. The first-order valence-corrected chi connectivity index (χ1v) is 7.31. The summed E-state index contributed by atoms with van der Waals surface area (Å²) in [5.41, 5.74) is 6.85. The summed E-state index contributed by atoms with van der Waals surface area (Å²) in [5, 5.41) is 0. The van der Waals surface area contributed by atoms with E-state index < -0.39 is 0 Å².